The van der Waals surface area contributed by atoms with E-state index in [-0.39, 0.29) is 5.95 Å². The molecule has 0 unspecified atom stereocenters. The molecule has 0 aliphatic carbocycles. The first-order valence-electron chi connectivity index (χ1n) is 2.74. The Morgan fingerprint density at radius 2 is 2.10 bits per heavy atom. The summed E-state index contributed by atoms with van der Waals surface area (Å²) in [7, 11) is 0. The third-order valence-electron chi connectivity index (χ3n) is 1.13. The second kappa shape index (κ2) is 1.66. The fraction of sp³-hybridized carbons (Fsp3) is 0. The van der Waals surface area contributed by atoms with Crippen molar-refractivity contribution in [2.24, 2.45) is 0 Å². The molecule has 0 aliphatic heterocycles. The molecule has 5 heteroatoms. The van der Waals surface area contributed by atoms with Crippen LogP contribution in [0, 0.1) is 0 Å². The molecule has 1 radical (unpaired) electrons. The lowest BCUT2D eigenvalue weighted by atomic mass is 10.7. The Hall–Kier alpha value is -1.65. The molecule has 0 bridgehead atoms. The SMILES string of the molecule is [NH]c1nc2nccnc2[nH]1. The van der Waals surface area contributed by atoms with Crippen LogP contribution in [0.25, 0.3) is 11.3 Å². The Morgan fingerprint density at radius 1 is 1.30 bits per heavy atom. The van der Waals surface area contributed by atoms with E-state index >= 15 is 0 Å². The first-order chi connectivity index (χ1) is 4.86. The Labute approximate surface area is 56.3 Å². The van der Waals surface area contributed by atoms with E-state index in [2.05, 4.69) is 19.9 Å². The fourth-order valence-electron chi connectivity index (χ4n) is 0.747. The van der Waals surface area contributed by atoms with E-state index in [9.17, 15) is 0 Å². The van der Waals surface area contributed by atoms with Gasteiger partial charge in [0.1, 0.15) is 0 Å². The minimum Gasteiger partial charge on any atom is -0.306 e. The number of H-pyrrole nitrogens is 1. The zero-order valence-corrected chi connectivity index (χ0v) is 5.00. The van der Waals surface area contributed by atoms with Crippen LogP contribution in [-0.2, 0) is 0 Å². The monoisotopic (exact) mass is 134 g/mol. The van der Waals surface area contributed by atoms with Crippen LogP contribution in [0.3, 0.4) is 0 Å². The van der Waals surface area contributed by atoms with E-state index < -0.39 is 0 Å². The van der Waals surface area contributed by atoms with Crippen molar-refractivity contribution in [3.63, 3.8) is 0 Å². The molecule has 2 N–H and O–H groups in total. The minimum atomic E-state index is 0.0983. The summed E-state index contributed by atoms with van der Waals surface area (Å²) in [5.74, 6) is 0.0983. The number of hydrogen-bond acceptors (Lipinski definition) is 3. The second-order valence-corrected chi connectivity index (χ2v) is 1.81. The van der Waals surface area contributed by atoms with Crippen molar-refractivity contribution in [1.29, 1.82) is 0 Å². The number of imidazole rings is 1. The number of nitrogens with one attached hydrogen (secondary N) is 2. The van der Waals surface area contributed by atoms with Crippen LogP contribution < -0.4 is 5.73 Å². The maximum Gasteiger partial charge on any atom is 0.223 e. The number of fused-ring (bicyclic) bond motifs is 1. The number of aromatic nitrogens is 4. The summed E-state index contributed by atoms with van der Waals surface area (Å²) in [6, 6.07) is 0. The molecule has 0 aromatic carbocycles. The molecule has 0 aliphatic rings. The molecule has 0 saturated carbocycles. The van der Waals surface area contributed by atoms with E-state index in [1.165, 1.54) is 0 Å². The van der Waals surface area contributed by atoms with E-state index in [4.69, 9.17) is 5.73 Å². The van der Waals surface area contributed by atoms with Crippen LogP contribution in [0.1, 0.15) is 0 Å². The van der Waals surface area contributed by atoms with Gasteiger partial charge in [0.05, 0.1) is 0 Å². The van der Waals surface area contributed by atoms with Crippen LogP contribution >= 0.6 is 0 Å². The maximum absolute atomic E-state index is 7.08. The van der Waals surface area contributed by atoms with Gasteiger partial charge in [0, 0.05) is 12.4 Å². The Morgan fingerprint density at radius 3 is 2.90 bits per heavy atom. The third kappa shape index (κ3) is 0.604. The largest absolute Gasteiger partial charge is 0.306 e. The van der Waals surface area contributed by atoms with E-state index in [1.54, 1.807) is 12.4 Å². The quantitative estimate of drug-likeness (QED) is 0.561. The van der Waals surface area contributed by atoms with E-state index in [1.807, 2.05) is 0 Å². The number of aromatic amines is 1. The summed E-state index contributed by atoms with van der Waals surface area (Å²) < 4.78 is 0. The lowest BCUT2D eigenvalue weighted by Crippen LogP contribution is -1.77. The highest BCUT2D eigenvalue weighted by molar-refractivity contribution is 5.66. The number of hydrogen-bond donors (Lipinski definition) is 1. The van der Waals surface area contributed by atoms with Gasteiger partial charge in [-0.1, -0.05) is 0 Å². The van der Waals surface area contributed by atoms with Crippen molar-refractivity contribution < 1.29 is 0 Å². The summed E-state index contributed by atoms with van der Waals surface area (Å²) in [6.45, 7) is 0. The predicted molar refractivity (Wildman–Crippen MR) is 34.4 cm³/mol. The smallest absolute Gasteiger partial charge is 0.223 e. The lowest BCUT2D eigenvalue weighted by molar-refractivity contribution is 1.22. The Bertz CT molecular complexity index is 319. The summed E-state index contributed by atoms with van der Waals surface area (Å²) >= 11 is 0. The molecule has 0 spiro atoms. The first kappa shape index (κ1) is 5.16. The van der Waals surface area contributed by atoms with Crippen molar-refractivity contribution in [2.45, 2.75) is 0 Å². The molecule has 0 fully saturated rings. The molecule has 0 amide bonds. The summed E-state index contributed by atoms with van der Waals surface area (Å²) in [6.07, 6.45) is 3.10. The normalized spacial score (nSPS) is 10.4. The second-order valence-electron chi connectivity index (χ2n) is 1.81. The molecule has 2 heterocycles. The molecular weight excluding hydrogens is 130 g/mol. The van der Waals surface area contributed by atoms with Crippen molar-refractivity contribution in [3.05, 3.63) is 12.4 Å². The van der Waals surface area contributed by atoms with Gasteiger partial charge in [-0.15, -0.1) is 0 Å². The first-order valence-corrected chi connectivity index (χ1v) is 2.74. The fourth-order valence-corrected chi connectivity index (χ4v) is 0.747. The Kier molecular flexibility index (Phi) is 0.858. The highest BCUT2D eigenvalue weighted by Gasteiger charge is 1.98. The predicted octanol–water partition coefficient (Wildman–Crippen LogP) is 0.267. The minimum absolute atomic E-state index is 0.0983. The van der Waals surface area contributed by atoms with Crippen molar-refractivity contribution in [1.82, 2.24) is 25.7 Å². The number of nitrogens with zero attached hydrogens (tertiary/aromatic N) is 3. The van der Waals surface area contributed by atoms with Crippen LogP contribution in [0.4, 0.5) is 5.95 Å². The van der Waals surface area contributed by atoms with Crippen LogP contribution in [-0.4, -0.2) is 19.9 Å². The molecule has 10 heavy (non-hydrogen) atoms. The van der Waals surface area contributed by atoms with Crippen molar-refractivity contribution in [2.75, 3.05) is 0 Å². The average Bonchev–Trinajstić information content (AvgIpc) is 2.27. The zero-order valence-electron chi connectivity index (χ0n) is 5.00. The van der Waals surface area contributed by atoms with Gasteiger partial charge in [-0.25, -0.2) is 9.97 Å². The summed E-state index contributed by atoms with van der Waals surface area (Å²) in [5, 5.41) is 0. The molecule has 2 rings (SSSR count). The highest BCUT2D eigenvalue weighted by atomic mass is 15.1. The van der Waals surface area contributed by atoms with Gasteiger partial charge in [-0.2, -0.15) is 4.98 Å². The lowest BCUT2D eigenvalue weighted by Gasteiger charge is -1.79. The molecule has 0 saturated heterocycles. The van der Waals surface area contributed by atoms with Crippen LogP contribution in [0.15, 0.2) is 12.4 Å². The van der Waals surface area contributed by atoms with Gasteiger partial charge in [-0.3, -0.25) is 5.73 Å². The molecule has 2 aromatic heterocycles. The van der Waals surface area contributed by atoms with Gasteiger partial charge >= 0.3 is 0 Å². The van der Waals surface area contributed by atoms with E-state index in [0.29, 0.717) is 11.3 Å². The third-order valence-corrected chi connectivity index (χ3v) is 1.13. The highest BCUT2D eigenvalue weighted by Crippen LogP contribution is 2.04. The molecule has 2 aromatic rings. The average molecular weight is 134 g/mol. The Balaban J connectivity index is 2.88. The molecule has 5 nitrogen and oxygen atoms in total. The van der Waals surface area contributed by atoms with Crippen LogP contribution in [0.2, 0.25) is 0 Å². The van der Waals surface area contributed by atoms with Gasteiger partial charge < -0.3 is 4.98 Å². The van der Waals surface area contributed by atoms with Crippen molar-refractivity contribution in [3.8, 4) is 0 Å². The molecular formula is C5H4N5. The zero-order chi connectivity index (χ0) is 6.97. The topological polar surface area (TPSA) is 78.3 Å². The summed E-state index contributed by atoms with van der Waals surface area (Å²) in [4.78, 5) is 14.2. The van der Waals surface area contributed by atoms with Crippen molar-refractivity contribution >= 4 is 17.2 Å². The van der Waals surface area contributed by atoms with Gasteiger partial charge in [-0.05, 0) is 0 Å². The standard InChI is InChI=1S/C5H4N5/c6-5-9-3-4(10-5)8-2-1-7-3/h1-2,6H,(H,7,8,9,10). The summed E-state index contributed by atoms with van der Waals surface area (Å²) in [5.41, 5.74) is 8.13. The van der Waals surface area contributed by atoms with Gasteiger partial charge in [0.2, 0.25) is 5.95 Å². The maximum atomic E-state index is 7.08. The van der Waals surface area contributed by atoms with Gasteiger partial charge in [0.25, 0.3) is 0 Å². The molecule has 49 valence electrons. The van der Waals surface area contributed by atoms with E-state index in [0.717, 1.165) is 0 Å². The van der Waals surface area contributed by atoms with Crippen LogP contribution in [0.5, 0.6) is 0 Å². The molecule has 0 atom stereocenters. The van der Waals surface area contributed by atoms with Gasteiger partial charge in [0.15, 0.2) is 11.3 Å². The number of rotatable bonds is 0.